The quantitative estimate of drug-likeness (QED) is 0.903. The number of hydrogen-bond acceptors (Lipinski definition) is 3. The second-order valence-electron chi connectivity index (χ2n) is 3.91. The molecule has 1 N–H and O–H groups in total. The Balaban J connectivity index is 1.80. The van der Waals surface area contributed by atoms with E-state index in [9.17, 15) is 4.79 Å². The molecule has 2 rings (SSSR count). The minimum atomic E-state index is -0.0785. The maximum Gasteiger partial charge on any atom is 0.255 e. The van der Waals surface area contributed by atoms with Crippen LogP contribution < -0.4 is 5.32 Å². The molecule has 0 aliphatic carbocycles. The first-order valence-electron chi connectivity index (χ1n) is 4.86. The zero-order chi connectivity index (χ0) is 10.8. The predicted octanol–water partition coefficient (Wildman–Crippen LogP) is 1.33. The van der Waals surface area contributed by atoms with Crippen molar-refractivity contribution in [2.24, 2.45) is 5.92 Å². The van der Waals surface area contributed by atoms with Gasteiger partial charge >= 0.3 is 0 Å². The van der Waals surface area contributed by atoms with Gasteiger partial charge in [-0.05, 0) is 29.0 Å². The molecule has 1 amide bonds. The molecular weight excluding hydrogens is 260 g/mol. The molecule has 1 fully saturated rings. The normalized spacial score (nSPS) is 17.5. The Bertz CT molecular complexity index is 358. The maximum atomic E-state index is 11.6. The number of furan rings is 1. The molecule has 0 radical (unpaired) electrons. The predicted molar refractivity (Wildman–Crippen MR) is 59.7 cm³/mol. The summed E-state index contributed by atoms with van der Waals surface area (Å²) in [6.45, 7) is 2.86. The van der Waals surface area contributed by atoms with Crippen LogP contribution in [0.25, 0.3) is 0 Å². The summed E-state index contributed by atoms with van der Waals surface area (Å²) in [4.78, 5) is 13.9. The molecule has 15 heavy (non-hydrogen) atoms. The number of amides is 1. The highest BCUT2D eigenvalue weighted by Gasteiger charge is 2.23. The standard InChI is InChI=1S/C10H13BrN2O2/c1-13-5-7(6-13)4-12-10(14)8-2-3-15-9(8)11/h2-3,7H,4-6H2,1H3,(H,12,14). The molecule has 0 bridgehead atoms. The van der Waals surface area contributed by atoms with Crippen molar-refractivity contribution in [3.63, 3.8) is 0 Å². The molecule has 0 aromatic carbocycles. The van der Waals surface area contributed by atoms with Crippen LogP contribution in [0.3, 0.4) is 0 Å². The van der Waals surface area contributed by atoms with Gasteiger partial charge in [-0.1, -0.05) is 0 Å². The second kappa shape index (κ2) is 4.37. The average Bonchev–Trinajstić information content (AvgIpc) is 2.57. The summed E-state index contributed by atoms with van der Waals surface area (Å²) < 4.78 is 5.49. The van der Waals surface area contributed by atoms with Crippen LogP contribution in [0, 0.1) is 5.92 Å². The third-order valence-electron chi connectivity index (χ3n) is 2.55. The number of halogens is 1. The summed E-state index contributed by atoms with van der Waals surface area (Å²) in [6, 6.07) is 1.66. The fraction of sp³-hybridized carbons (Fsp3) is 0.500. The van der Waals surface area contributed by atoms with Gasteiger partial charge in [0.05, 0.1) is 11.8 Å². The highest BCUT2D eigenvalue weighted by molar-refractivity contribution is 9.10. The van der Waals surface area contributed by atoms with E-state index in [0.29, 0.717) is 16.2 Å². The van der Waals surface area contributed by atoms with Gasteiger partial charge in [-0.3, -0.25) is 4.79 Å². The summed E-state index contributed by atoms with van der Waals surface area (Å²) in [5.74, 6) is 0.509. The second-order valence-corrected chi connectivity index (χ2v) is 4.63. The van der Waals surface area contributed by atoms with E-state index in [1.807, 2.05) is 0 Å². The van der Waals surface area contributed by atoms with E-state index in [1.54, 1.807) is 6.07 Å². The lowest BCUT2D eigenvalue weighted by molar-refractivity contribution is 0.0896. The van der Waals surface area contributed by atoms with Crippen LogP contribution in [-0.4, -0.2) is 37.5 Å². The average molecular weight is 273 g/mol. The summed E-state index contributed by atoms with van der Waals surface area (Å²) in [6.07, 6.45) is 1.50. The minimum absolute atomic E-state index is 0.0785. The maximum absolute atomic E-state index is 11.6. The van der Waals surface area contributed by atoms with E-state index in [2.05, 4.69) is 33.2 Å². The van der Waals surface area contributed by atoms with E-state index in [-0.39, 0.29) is 5.91 Å². The molecule has 82 valence electrons. The van der Waals surface area contributed by atoms with Crippen LogP contribution in [0.4, 0.5) is 0 Å². The Labute approximate surface area is 96.7 Å². The Morgan fingerprint density at radius 3 is 3.00 bits per heavy atom. The Morgan fingerprint density at radius 1 is 1.73 bits per heavy atom. The molecule has 1 aliphatic heterocycles. The van der Waals surface area contributed by atoms with Gasteiger partial charge in [0.2, 0.25) is 0 Å². The first-order chi connectivity index (χ1) is 7.16. The van der Waals surface area contributed by atoms with Gasteiger partial charge in [0, 0.05) is 25.6 Å². The molecule has 5 heteroatoms. The Hall–Kier alpha value is -0.810. The van der Waals surface area contributed by atoms with Gasteiger partial charge in [0.1, 0.15) is 0 Å². The van der Waals surface area contributed by atoms with Gasteiger partial charge < -0.3 is 14.6 Å². The molecule has 1 saturated heterocycles. The van der Waals surface area contributed by atoms with E-state index < -0.39 is 0 Å². The molecule has 1 aliphatic rings. The first-order valence-corrected chi connectivity index (χ1v) is 5.66. The van der Waals surface area contributed by atoms with Gasteiger partial charge in [0.25, 0.3) is 5.91 Å². The van der Waals surface area contributed by atoms with Gasteiger partial charge in [-0.25, -0.2) is 0 Å². The van der Waals surface area contributed by atoms with Gasteiger partial charge in [0.15, 0.2) is 4.67 Å². The van der Waals surface area contributed by atoms with Gasteiger partial charge in [-0.15, -0.1) is 0 Å². The van der Waals surface area contributed by atoms with Crippen molar-refractivity contribution in [3.8, 4) is 0 Å². The topological polar surface area (TPSA) is 45.5 Å². The van der Waals surface area contributed by atoms with E-state index in [4.69, 9.17) is 4.42 Å². The lowest BCUT2D eigenvalue weighted by atomic mass is 10.0. The first kappa shape index (κ1) is 10.7. The fourth-order valence-electron chi connectivity index (χ4n) is 1.75. The van der Waals surface area contributed by atoms with Crippen molar-refractivity contribution in [2.75, 3.05) is 26.7 Å². The number of nitrogens with zero attached hydrogens (tertiary/aromatic N) is 1. The van der Waals surface area contributed by atoms with Crippen LogP contribution in [0.15, 0.2) is 21.4 Å². The molecule has 1 aromatic rings. The van der Waals surface area contributed by atoms with Crippen molar-refractivity contribution >= 4 is 21.8 Å². The third kappa shape index (κ3) is 2.41. The molecule has 0 atom stereocenters. The van der Waals surface area contributed by atoms with Crippen molar-refractivity contribution in [2.45, 2.75) is 0 Å². The molecule has 0 saturated carbocycles. The van der Waals surface area contributed by atoms with Crippen molar-refractivity contribution in [3.05, 3.63) is 22.6 Å². The summed E-state index contributed by atoms with van der Waals surface area (Å²) in [5, 5.41) is 2.89. The Morgan fingerprint density at radius 2 is 2.47 bits per heavy atom. The van der Waals surface area contributed by atoms with E-state index in [1.165, 1.54) is 6.26 Å². The van der Waals surface area contributed by atoms with E-state index in [0.717, 1.165) is 19.6 Å². The number of carbonyl (C=O) groups is 1. The smallest absolute Gasteiger partial charge is 0.255 e. The molecule has 2 heterocycles. The van der Waals surface area contributed by atoms with Crippen LogP contribution in [0.5, 0.6) is 0 Å². The lowest BCUT2D eigenvalue weighted by Crippen LogP contribution is -2.49. The summed E-state index contributed by atoms with van der Waals surface area (Å²) >= 11 is 3.18. The summed E-state index contributed by atoms with van der Waals surface area (Å²) in [5.41, 5.74) is 0.558. The zero-order valence-corrected chi connectivity index (χ0v) is 10.1. The summed E-state index contributed by atoms with van der Waals surface area (Å²) in [7, 11) is 2.07. The molecule has 0 spiro atoms. The number of hydrogen-bond donors (Lipinski definition) is 1. The zero-order valence-electron chi connectivity index (χ0n) is 8.50. The highest BCUT2D eigenvalue weighted by Crippen LogP contribution is 2.17. The van der Waals surface area contributed by atoms with Crippen LogP contribution in [0.1, 0.15) is 10.4 Å². The van der Waals surface area contributed by atoms with Crippen LogP contribution >= 0.6 is 15.9 Å². The Kier molecular flexibility index (Phi) is 3.11. The highest BCUT2D eigenvalue weighted by atomic mass is 79.9. The number of carbonyl (C=O) groups excluding carboxylic acids is 1. The largest absolute Gasteiger partial charge is 0.457 e. The fourth-order valence-corrected chi connectivity index (χ4v) is 2.17. The molecular formula is C10H13BrN2O2. The number of nitrogens with one attached hydrogen (secondary N) is 1. The monoisotopic (exact) mass is 272 g/mol. The van der Waals surface area contributed by atoms with Crippen LogP contribution in [-0.2, 0) is 0 Å². The lowest BCUT2D eigenvalue weighted by Gasteiger charge is -2.36. The minimum Gasteiger partial charge on any atom is -0.457 e. The third-order valence-corrected chi connectivity index (χ3v) is 3.17. The van der Waals surface area contributed by atoms with Crippen molar-refractivity contribution < 1.29 is 9.21 Å². The molecule has 4 nitrogen and oxygen atoms in total. The van der Waals surface area contributed by atoms with Crippen LogP contribution in [0.2, 0.25) is 0 Å². The SMILES string of the molecule is CN1CC(CNC(=O)c2ccoc2Br)C1. The number of likely N-dealkylation sites (tertiary alicyclic amines) is 1. The molecule has 1 aromatic heterocycles. The molecule has 0 unspecified atom stereocenters. The van der Waals surface area contributed by atoms with Gasteiger partial charge in [-0.2, -0.15) is 0 Å². The van der Waals surface area contributed by atoms with Crippen molar-refractivity contribution in [1.82, 2.24) is 10.2 Å². The van der Waals surface area contributed by atoms with E-state index >= 15 is 0 Å². The number of rotatable bonds is 3. The van der Waals surface area contributed by atoms with Crippen molar-refractivity contribution in [1.29, 1.82) is 0 Å².